The largest absolute Gasteiger partial charge is 0.484 e. The molecular formula is C21H23FN2O4S. The highest BCUT2D eigenvalue weighted by Gasteiger charge is 2.28. The second-order valence-corrected chi connectivity index (χ2v) is 9.94. The van der Waals surface area contributed by atoms with Crippen molar-refractivity contribution in [3.63, 3.8) is 0 Å². The molecule has 0 spiro atoms. The van der Waals surface area contributed by atoms with Gasteiger partial charge in [-0.2, -0.15) is 5.10 Å². The van der Waals surface area contributed by atoms with Gasteiger partial charge < -0.3 is 4.74 Å². The number of halogens is 1. The molecule has 3 rings (SSSR count). The first-order chi connectivity index (χ1) is 13.6. The van der Waals surface area contributed by atoms with Gasteiger partial charge in [0.15, 0.2) is 16.4 Å². The fourth-order valence-electron chi connectivity index (χ4n) is 2.95. The lowest BCUT2D eigenvalue weighted by Crippen LogP contribution is -2.29. The first-order valence-electron chi connectivity index (χ1n) is 9.18. The fourth-order valence-corrected chi connectivity index (χ4v) is 4.42. The molecule has 154 valence electrons. The van der Waals surface area contributed by atoms with Crippen LogP contribution < -0.4 is 10.2 Å². The number of nitrogens with one attached hydrogen (secondary N) is 1. The predicted molar refractivity (Wildman–Crippen MR) is 108 cm³/mol. The molecule has 1 N–H and O–H groups in total. The molecule has 0 bridgehead atoms. The number of fused-ring (bicyclic) bond motifs is 1. The summed E-state index contributed by atoms with van der Waals surface area (Å²) in [6, 6.07) is 10.9. The van der Waals surface area contributed by atoms with Crippen LogP contribution in [0.15, 0.2) is 52.5 Å². The number of hydrazone groups is 1. The van der Waals surface area contributed by atoms with Gasteiger partial charge in [-0.3, -0.25) is 4.79 Å². The van der Waals surface area contributed by atoms with E-state index in [9.17, 15) is 17.6 Å². The van der Waals surface area contributed by atoms with Crippen LogP contribution in [0.2, 0.25) is 0 Å². The van der Waals surface area contributed by atoms with Gasteiger partial charge in [-0.25, -0.2) is 18.2 Å². The molecule has 0 aromatic heterocycles. The van der Waals surface area contributed by atoms with Crippen LogP contribution in [0.3, 0.4) is 0 Å². The normalized spacial score (nSPS) is 16.9. The number of carbonyl (C=O) groups is 1. The lowest BCUT2D eigenvalue weighted by Gasteiger charge is -2.19. The Hall–Kier alpha value is -2.74. The van der Waals surface area contributed by atoms with E-state index in [2.05, 4.69) is 31.3 Å². The third kappa shape index (κ3) is 5.00. The summed E-state index contributed by atoms with van der Waals surface area (Å²) in [6.07, 6.45) is 0.0915. The molecule has 0 atom stereocenters. The molecule has 0 unspecified atom stereocenters. The molecule has 0 fully saturated rings. The van der Waals surface area contributed by atoms with Crippen LogP contribution in [-0.2, 0) is 20.0 Å². The molecule has 1 amide bonds. The van der Waals surface area contributed by atoms with Gasteiger partial charge in [0.1, 0.15) is 11.6 Å². The molecule has 2 aromatic rings. The maximum atomic E-state index is 13.6. The number of hydrogen-bond acceptors (Lipinski definition) is 5. The highest BCUT2D eigenvalue weighted by Crippen LogP contribution is 2.26. The van der Waals surface area contributed by atoms with Gasteiger partial charge in [-0.15, -0.1) is 0 Å². The smallest absolute Gasteiger partial charge is 0.277 e. The Morgan fingerprint density at radius 1 is 1.17 bits per heavy atom. The summed E-state index contributed by atoms with van der Waals surface area (Å²) in [7, 11) is -3.48. The number of sulfone groups is 1. The third-order valence-corrected chi connectivity index (χ3v) is 6.37. The van der Waals surface area contributed by atoms with Crippen LogP contribution in [0.4, 0.5) is 4.39 Å². The Balaban J connectivity index is 1.65. The number of amides is 1. The quantitative estimate of drug-likeness (QED) is 0.610. The van der Waals surface area contributed by atoms with Crippen molar-refractivity contribution >= 4 is 21.5 Å². The van der Waals surface area contributed by atoms with Gasteiger partial charge in [-0.05, 0) is 41.3 Å². The van der Waals surface area contributed by atoms with Crippen molar-refractivity contribution in [1.29, 1.82) is 0 Å². The summed E-state index contributed by atoms with van der Waals surface area (Å²) in [5, 5.41) is 4.00. The SMILES string of the molecule is CC(C)(C)c1ccc(OCC(=O)N/N=C2\CCS(=O)(=O)c3ccc(F)cc32)cc1. The molecular weight excluding hydrogens is 395 g/mol. The van der Waals surface area contributed by atoms with Gasteiger partial charge in [0, 0.05) is 12.0 Å². The van der Waals surface area contributed by atoms with Crippen LogP contribution in [0.5, 0.6) is 5.75 Å². The third-order valence-electron chi connectivity index (χ3n) is 4.60. The monoisotopic (exact) mass is 418 g/mol. The molecule has 0 saturated carbocycles. The molecule has 0 saturated heterocycles. The lowest BCUT2D eigenvalue weighted by atomic mass is 9.87. The Bertz CT molecular complexity index is 1060. The van der Waals surface area contributed by atoms with E-state index in [0.29, 0.717) is 11.5 Å². The first-order valence-corrected chi connectivity index (χ1v) is 10.8. The zero-order valence-electron chi connectivity index (χ0n) is 16.5. The molecule has 2 aromatic carbocycles. The van der Waals surface area contributed by atoms with Crippen molar-refractivity contribution in [3.05, 3.63) is 59.4 Å². The first kappa shape index (κ1) is 21.0. The Kier molecular flexibility index (Phi) is 5.75. The van der Waals surface area contributed by atoms with E-state index in [4.69, 9.17) is 4.74 Å². The Morgan fingerprint density at radius 3 is 2.52 bits per heavy atom. The van der Waals surface area contributed by atoms with Crippen LogP contribution >= 0.6 is 0 Å². The van der Waals surface area contributed by atoms with Crippen LogP contribution in [0, 0.1) is 5.82 Å². The topological polar surface area (TPSA) is 84.8 Å². The summed E-state index contributed by atoms with van der Waals surface area (Å²) < 4.78 is 43.3. The number of carbonyl (C=O) groups excluding carboxylic acids is 1. The van der Waals surface area contributed by atoms with Gasteiger partial charge in [0.25, 0.3) is 5.91 Å². The maximum Gasteiger partial charge on any atom is 0.277 e. The number of nitrogens with zero attached hydrogens (tertiary/aromatic N) is 1. The number of hydrogen-bond donors (Lipinski definition) is 1. The molecule has 8 heteroatoms. The van der Waals surface area contributed by atoms with Crippen molar-refractivity contribution in [1.82, 2.24) is 5.43 Å². The molecule has 29 heavy (non-hydrogen) atoms. The van der Waals surface area contributed by atoms with Gasteiger partial charge in [-0.1, -0.05) is 32.9 Å². The molecule has 6 nitrogen and oxygen atoms in total. The second kappa shape index (κ2) is 7.94. The minimum absolute atomic E-state index is 0.0216. The zero-order chi connectivity index (χ0) is 21.2. The van der Waals surface area contributed by atoms with Crippen LogP contribution in [0.1, 0.15) is 38.3 Å². The molecule has 0 radical (unpaired) electrons. The molecule has 1 aliphatic heterocycles. The molecule has 1 aliphatic rings. The summed E-state index contributed by atoms with van der Waals surface area (Å²) in [6.45, 7) is 6.07. The molecule has 0 aliphatic carbocycles. The van der Waals surface area contributed by atoms with Gasteiger partial charge >= 0.3 is 0 Å². The van der Waals surface area contributed by atoms with E-state index in [-0.39, 0.29) is 34.7 Å². The van der Waals surface area contributed by atoms with Crippen LogP contribution in [0.25, 0.3) is 0 Å². The summed E-state index contributed by atoms with van der Waals surface area (Å²) in [4.78, 5) is 12.1. The fraction of sp³-hybridized carbons (Fsp3) is 0.333. The Labute approximate surface area is 169 Å². The van der Waals surface area contributed by atoms with Crippen molar-refractivity contribution in [2.24, 2.45) is 5.10 Å². The van der Waals surface area contributed by atoms with E-state index in [1.807, 2.05) is 12.1 Å². The summed E-state index contributed by atoms with van der Waals surface area (Å²) >= 11 is 0. The summed E-state index contributed by atoms with van der Waals surface area (Å²) in [5.74, 6) is -0.653. The maximum absolute atomic E-state index is 13.6. The van der Waals surface area contributed by atoms with Crippen molar-refractivity contribution in [3.8, 4) is 5.75 Å². The number of benzene rings is 2. The van der Waals surface area contributed by atoms with Crippen LogP contribution in [-0.4, -0.2) is 32.4 Å². The minimum atomic E-state index is -3.48. The van der Waals surface area contributed by atoms with Crippen molar-refractivity contribution in [2.45, 2.75) is 37.5 Å². The lowest BCUT2D eigenvalue weighted by molar-refractivity contribution is -0.123. The number of ether oxygens (including phenoxy) is 1. The summed E-state index contributed by atoms with van der Waals surface area (Å²) in [5.41, 5.74) is 4.02. The minimum Gasteiger partial charge on any atom is -0.484 e. The molecule has 1 heterocycles. The van der Waals surface area contributed by atoms with Gasteiger partial charge in [0.05, 0.1) is 16.4 Å². The predicted octanol–water partition coefficient (Wildman–Crippen LogP) is 3.20. The standard InChI is InChI=1S/C21H23FN2O4S/c1-21(2,3)14-4-7-16(8-5-14)28-13-20(25)24-23-18-10-11-29(26,27)19-9-6-15(22)12-17(18)19/h4-9,12H,10-11,13H2,1-3H3,(H,24,25)/b23-18+. The zero-order valence-corrected chi connectivity index (χ0v) is 17.3. The van der Waals surface area contributed by atoms with E-state index in [1.54, 1.807) is 12.1 Å². The van der Waals surface area contributed by atoms with E-state index < -0.39 is 21.6 Å². The average molecular weight is 418 g/mol. The second-order valence-electron chi connectivity index (χ2n) is 7.87. The average Bonchev–Trinajstić information content (AvgIpc) is 2.65. The number of rotatable bonds is 4. The van der Waals surface area contributed by atoms with E-state index in [1.165, 1.54) is 6.07 Å². The van der Waals surface area contributed by atoms with E-state index in [0.717, 1.165) is 17.7 Å². The highest BCUT2D eigenvalue weighted by molar-refractivity contribution is 7.91. The van der Waals surface area contributed by atoms with Crippen molar-refractivity contribution in [2.75, 3.05) is 12.4 Å². The Morgan fingerprint density at radius 2 is 1.86 bits per heavy atom. The highest BCUT2D eigenvalue weighted by atomic mass is 32.2. The van der Waals surface area contributed by atoms with Crippen molar-refractivity contribution < 1.29 is 22.3 Å². The van der Waals surface area contributed by atoms with E-state index >= 15 is 0 Å². The van der Waals surface area contributed by atoms with Gasteiger partial charge in [0.2, 0.25) is 0 Å².